The number of hydrogen-bond acceptors (Lipinski definition) is 4. The van der Waals surface area contributed by atoms with E-state index in [1.807, 2.05) is 0 Å². The van der Waals surface area contributed by atoms with Crippen molar-refractivity contribution in [3.8, 4) is 0 Å². The maximum absolute atomic E-state index is 12.6. The Morgan fingerprint density at radius 1 is 0.861 bits per heavy atom. The minimum atomic E-state index is -0.955. The molecular weight excluding hydrogens is 456 g/mol. The lowest BCUT2D eigenvalue weighted by molar-refractivity contribution is -0.170. The van der Waals surface area contributed by atoms with E-state index in [0.717, 1.165) is 43.4 Å². The lowest BCUT2D eigenvalue weighted by Gasteiger charge is -2.61. The third kappa shape index (κ3) is 4.82. The molecule has 2 N–H and O–H groups in total. The molecule has 4 saturated carbocycles. The van der Waals surface area contributed by atoms with Crippen LogP contribution >= 0.6 is 0 Å². The van der Waals surface area contributed by atoms with Crippen LogP contribution in [0.3, 0.4) is 0 Å². The first-order valence-corrected chi connectivity index (χ1v) is 14.5. The molecule has 4 rings (SSSR count). The molecule has 0 heterocycles. The maximum atomic E-state index is 12.6. The van der Waals surface area contributed by atoms with Gasteiger partial charge in [0, 0.05) is 6.42 Å². The average Bonchev–Trinajstić information content (AvgIpc) is 3.18. The molecule has 0 bridgehead atoms. The number of hydrogen-bond donors (Lipinski definition) is 2. The second-order valence-corrected chi connectivity index (χ2v) is 13.5. The van der Waals surface area contributed by atoms with E-state index in [9.17, 15) is 24.6 Å². The third-order valence-corrected chi connectivity index (χ3v) is 12.0. The molecule has 0 aromatic rings. The summed E-state index contributed by atoms with van der Waals surface area (Å²) >= 11 is 0. The number of carbonyl (C=O) groups excluding carboxylic acids is 1. The second kappa shape index (κ2) is 10.3. The van der Waals surface area contributed by atoms with E-state index in [1.165, 1.54) is 38.5 Å². The van der Waals surface area contributed by atoms with E-state index in [1.54, 1.807) is 13.8 Å². The van der Waals surface area contributed by atoms with Gasteiger partial charge >= 0.3 is 17.9 Å². The Kier molecular flexibility index (Phi) is 7.84. The Labute approximate surface area is 216 Å². The molecule has 6 nitrogen and oxygen atoms in total. The second-order valence-electron chi connectivity index (χ2n) is 13.5. The topological polar surface area (TPSA) is 101 Å². The molecule has 11 unspecified atom stereocenters. The first-order chi connectivity index (χ1) is 16.9. The van der Waals surface area contributed by atoms with Crippen LogP contribution in [0.1, 0.15) is 105 Å². The van der Waals surface area contributed by atoms with Crippen LogP contribution in [-0.2, 0) is 19.1 Å². The molecule has 204 valence electrons. The number of esters is 1. The van der Waals surface area contributed by atoms with Crippen LogP contribution < -0.4 is 0 Å². The summed E-state index contributed by atoms with van der Waals surface area (Å²) in [6.07, 6.45) is 11.4. The van der Waals surface area contributed by atoms with E-state index in [2.05, 4.69) is 20.8 Å². The average molecular weight is 505 g/mol. The van der Waals surface area contributed by atoms with Crippen LogP contribution in [0.15, 0.2) is 0 Å². The molecule has 4 fully saturated rings. The number of ether oxygens (including phenoxy) is 1. The summed E-state index contributed by atoms with van der Waals surface area (Å²) in [5, 5.41) is 18.4. The summed E-state index contributed by atoms with van der Waals surface area (Å²) in [6.45, 7) is 10.5. The van der Waals surface area contributed by atoms with E-state index < -0.39 is 23.8 Å². The molecule has 11 atom stereocenters. The normalized spacial score (nSPS) is 42.2. The molecule has 4 aliphatic carbocycles. The number of fused-ring (bicyclic) bond motifs is 5. The largest absolute Gasteiger partial charge is 0.481 e. The highest BCUT2D eigenvalue weighted by Gasteiger charge is 2.60. The molecule has 36 heavy (non-hydrogen) atoms. The lowest BCUT2D eigenvalue weighted by atomic mass is 9.44. The van der Waals surface area contributed by atoms with Gasteiger partial charge in [0.1, 0.15) is 6.10 Å². The highest BCUT2D eigenvalue weighted by Crippen LogP contribution is 2.68. The Morgan fingerprint density at radius 2 is 1.53 bits per heavy atom. The first kappa shape index (κ1) is 27.4. The fourth-order valence-corrected chi connectivity index (χ4v) is 9.54. The predicted octanol–water partition coefficient (Wildman–Crippen LogP) is 6.41. The van der Waals surface area contributed by atoms with Crippen molar-refractivity contribution in [3.63, 3.8) is 0 Å². The molecule has 0 aliphatic heterocycles. The van der Waals surface area contributed by atoms with Gasteiger partial charge in [-0.15, -0.1) is 0 Å². The van der Waals surface area contributed by atoms with Gasteiger partial charge in [-0.3, -0.25) is 14.4 Å². The molecule has 0 aromatic carbocycles. The van der Waals surface area contributed by atoms with Crippen molar-refractivity contribution in [2.45, 2.75) is 111 Å². The minimum absolute atomic E-state index is 0.0876. The number of rotatable bonds is 8. The smallest absolute Gasteiger partial charge is 0.309 e. The van der Waals surface area contributed by atoms with Crippen molar-refractivity contribution >= 4 is 17.9 Å². The monoisotopic (exact) mass is 504 g/mol. The van der Waals surface area contributed by atoms with Gasteiger partial charge in [0.15, 0.2) is 0 Å². The van der Waals surface area contributed by atoms with Gasteiger partial charge in [0.05, 0.1) is 11.8 Å². The highest BCUT2D eigenvalue weighted by atomic mass is 16.5. The molecule has 0 saturated heterocycles. The SMILES string of the molecule is CC(CCC(=O)O)C1CCC2C3CCC4CC(OC(=O)C(C)C(C)C(=O)O)CCC4(C)C3CCC12C. The van der Waals surface area contributed by atoms with Crippen molar-refractivity contribution in [1.29, 1.82) is 0 Å². The zero-order valence-corrected chi connectivity index (χ0v) is 23.0. The summed E-state index contributed by atoms with van der Waals surface area (Å²) in [5.41, 5.74) is 0.631. The molecule has 0 spiro atoms. The minimum Gasteiger partial charge on any atom is -0.481 e. The molecule has 0 aromatic heterocycles. The zero-order valence-electron chi connectivity index (χ0n) is 23.0. The number of carboxylic acids is 2. The van der Waals surface area contributed by atoms with E-state index in [4.69, 9.17) is 4.74 Å². The Morgan fingerprint density at radius 3 is 2.19 bits per heavy atom. The van der Waals surface area contributed by atoms with Crippen LogP contribution in [0.5, 0.6) is 0 Å². The molecule has 6 heteroatoms. The fourth-order valence-electron chi connectivity index (χ4n) is 9.54. The van der Waals surface area contributed by atoms with Crippen molar-refractivity contribution in [2.24, 2.45) is 58.2 Å². The fraction of sp³-hybridized carbons (Fsp3) is 0.900. The van der Waals surface area contributed by atoms with Gasteiger partial charge in [-0.1, -0.05) is 34.6 Å². The summed E-state index contributed by atoms with van der Waals surface area (Å²) in [5.74, 6) is 0.545. The molecule has 0 amide bonds. The first-order valence-electron chi connectivity index (χ1n) is 14.5. The number of carbonyl (C=O) groups is 3. The van der Waals surface area contributed by atoms with Gasteiger partial charge in [0.25, 0.3) is 0 Å². The highest BCUT2D eigenvalue weighted by molar-refractivity contribution is 5.80. The standard InChI is InChI=1S/C30H48O6/c1-17(6-11-26(31)32)23-9-10-24-22-8-7-20-16-21(36-28(35)19(3)18(2)27(33)34)12-14-29(20,4)25(22)13-15-30(23,24)5/h17-25H,6-16H2,1-5H3,(H,31,32)(H,33,34). The van der Waals surface area contributed by atoms with Gasteiger partial charge in [0.2, 0.25) is 0 Å². The number of aliphatic carboxylic acids is 2. The lowest BCUT2D eigenvalue weighted by Crippen LogP contribution is -2.54. The predicted molar refractivity (Wildman–Crippen MR) is 137 cm³/mol. The van der Waals surface area contributed by atoms with E-state index in [-0.39, 0.29) is 18.5 Å². The molecule has 0 radical (unpaired) electrons. The van der Waals surface area contributed by atoms with Gasteiger partial charge in [-0.05, 0) is 111 Å². The zero-order chi connectivity index (χ0) is 26.4. The Balaban J connectivity index is 1.40. The maximum Gasteiger partial charge on any atom is 0.309 e. The van der Waals surface area contributed by atoms with E-state index in [0.29, 0.717) is 28.6 Å². The Bertz CT molecular complexity index is 854. The van der Waals surface area contributed by atoms with Gasteiger partial charge < -0.3 is 14.9 Å². The van der Waals surface area contributed by atoms with Crippen LogP contribution in [0.4, 0.5) is 0 Å². The summed E-state index contributed by atoms with van der Waals surface area (Å²) in [7, 11) is 0. The summed E-state index contributed by atoms with van der Waals surface area (Å²) in [4.78, 5) is 35.1. The molecular formula is C30H48O6. The van der Waals surface area contributed by atoms with E-state index >= 15 is 0 Å². The summed E-state index contributed by atoms with van der Waals surface area (Å²) < 4.78 is 5.88. The van der Waals surface area contributed by atoms with Crippen molar-refractivity contribution in [3.05, 3.63) is 0 Å². The quantitative estimate of drug-likeness (QED) is 0.370. The van der Waals surface area contributed by atoms with Gasteiger partial charge in [-0.25, -0.2) is 0 Å². The third-order valence-electron chi connectivity index (χ3n) is 12.0. The number of carboxylic acid groups (broad SMARTS) is 2. The van der Waals surface area contributed by atoms with Crippen LogP contribution in [0.2, 0.25) is 0 Å². The summed E-state index contributed by atoms with van der Waals surface area (Å²) in [6, 6.07) is 0. The van der Waals surface area contributed by atoms with Gasteiger partial charge in [-0.2, -0.15) is 0 Å². The van der Waals surface area contributed by atoms with Crippen molar-refractivity contribution in [1.82, 2.24) is 0 Å². The van der Waals surface area contributed by atoms with Crippen molar-refractivity contribution < 1.29 is 29.3 Å². The van der Waals surface area contributed by atoms with Crippen LogP contribution in [-0.4, -0.2) is 34.2 Å². The molecule has 4 aliphatic rings. The Hall–Kier alpha value is -1.59. The van der Waals surface area contributed by atoms with Crippen molar-refractivity contribution in [2.75, 3.05) is 0 Å². The van der Waals surface area contributed by atoms with Crippen LogP contribution in [0, 0.1) is 58.2 Å². The van der Waals surface area contributed by atoms with Crippen LogP contribution in [0.25, 0.3) is 0 Å².